The number of fused-ring (bicyclic) bond motifs is 1. The van der Waals surface area contributed by atoms with Crippen LogP contribution in [0.1, 0.15) is 81.4 Å². The summed E-state index contributed by atoms with van der Waals surface area (Å²) < 4.78 is 2.17. The number of halogens is 1. The fourth-order valence-corrected chi connectivity index (χ4v) is 4.73. The molecular weight excluding hydrogens is 454 g/mol. The molecule has 4 rings (SSSR count). The summed E-state index contributed by atoms with van der Waals surface area (Å²) in [6.07, 6.45) is 3.95. The summed E-state index contributed by atoms with van der Waals surface area (Å²) in [6.45, 7) is 8.44. The van der Waals surface area contributed by atoms with E-state index < -0.39 is 5.97 Å². The maximum atomic E-state index is 11.3. The van der Waals surface area contributed by atoms with Crippen LogP contribution < -0.4 is 16.4 Å². The second-order valence-corrected chi connectivity index (χ2v) is 9.97. The van der Waals surface area contributed by atoms with Gasteiger partial charge in [0.25, 0.3) is 0 Å². The quantitative estimate of drug-likeness (QED) is 0.356. The first-order chi connectivity index (χ1) is 16.2. The van der Waals surface area contributed by atoms with Crippen molar-refractivity contribution in [3.05, 3.63) is 34.5 Å². The van der Waals surface area contributed by atoms with Gasteiger partial charge < -0.3 is 26.0 Å². The van der Waals surface area contributed by atoms with E-state index in [4.69, 9.17) is 22.3 Å². The van der Waals surface area contributed by atoms with Crippen molar-refractivity contribution < 1.29 is 9.90 Å². The number of nitrogens with two attached hydrogens (primary N) is 1. The lowest BCUT2D eigenvalue weighted by Crippen LogP contribution is -2.34. The number of aromatic nitrogens is 4. The van der Waals surface area contributed by atoms with Crippen LogP contribution in [0.5, 0.6) is 0 Å². The number of carbonyl (C=O) groups is 1. The zero-order valence-corrected chi connectivity index (χ0v) is 20.7. The number of rotatable bonds is 7. The van der Waals surface area contributed by atoms with Gasteiger partial charge in [-0.25, -0.2) is 4.79 Å². The maximum absolute atomic E-state index is 11.3. The van der Waals surface area contributed by atoms with Crippen molar-refractivity contribution in [2.75, 3.05) is 10.6 Å². The summed E-state index contributed by atoms with van der Waals surface area (Å²) in [5.74, 6) is 0.392. The van der Waals surface area contributed by atoms with Crippen LogP contribution in [0.15, 0.2) is 18.2 Å². The number of benzene rings is 1. The minimum Gasteiger partial charge on any atom is -0.478 e. The Morgan fingerprint density at radius 1 is 1.18 bits per heavy atom. The number of anilines is 3. The van der Waals surface area contributed by atoms with Crippen LogP contribution in [0, 0.1) is 0 Å². The van der Waals surface area contributed by atoms with E-state index in [0.29, 0.717) is 17.2 Å². The molecule has 1 aromatic carbocycles. The highest BCUT2D eigenvalue weighted by molar-refractivity contribution is 6.33. The molecule has 0 bridgehead atoms. The largest absolute Gasteiger partial charge is 0.478 e. The summed E-state index contributed by atoms with van der Waals surface area (Å²) >= 11 is 6.20. The molecule has 1 fully saturated rings. The van der Waals surface area contributed by atoms with Crippen molar-refractivity contribution in [1.29, 1.82) is 0 Å². The standard InChI is InChI=1S/C24H32ClN7O2/c1-12(2)19-21-20(31-30-19)22(27-16-9-10-17(23(33)34)18(25)11-16)29-24(32(21)13(3)4)28-15-7-5-14(26)6-8-15/h9-15,27H,5-8,26H2,1-4H3,(H,28,29)(H,33,34). The Labute approximate surface area is 204 Å². The Hall–Kier alpha value is -2.91. The fourth-order valence-electron chi connectivity index (χ4n) is 4.47. The number of hydrogen-bond acceptors (Lipinski definition) is 7. The van der Waals surface area contributed by atoms with Gasteiger partial charge in [0.05, 0.1) is 22.0 Å². The van der Waals surface area contributed by atoms with Gasteiger partial charge in [-0.1, -0.05) is 25.4 Å². The van der Waals surface area contributed by atoms with Gasteiger partial charge in [0.2, 0.25) is 5.95 Å². The van der Waals surface area contributed by atoms with Crippen molar-refractivity contribution in [2.24, 2.45) is 5.73 Å². The molecule has 0 radical (unpaired) electrons. The highest BCUT2D eigenvalue weighted by Crippen LogP contribution is 2.39. The van der Waals surface area contributed by atoms with Crippen molar-refractivity contribution in [1.82, 2.24) is 19.7 Å². The molecule has 0 spiro atoms. The molecule has 0 atom stereocenters. The van der Waals surface area contributed by atoms with Crippen LogP contribution in [-0.2, 0) is 0 Å². The smallest absolute Gasteiger partial charge is 0.337 e. The average Bonchev–Trinajstić information content (AvgIpc) is 3.20. The number of carboxylic acids is 1. The van der Waals surface area contributed by atoms with E-state index in [1.54, 1.807) is 12.1 Å². The molecule has 1 aromatic rings. The predicted octanol–water partition coefficient (Wildman–Crippen LogP) is 5.26. The maximum Gasteiger partial charge on any atom is 0.337 e. The Kier molecular flexibility index (Phi) is 6.95. The summed E-state index contributed by atoms with van der Waals surface area (Å²) in [6, 6.07) is 5.40. The van der Waals surface area contributed by atoms with Crippen molar-refractivity contribution in [2.45, 2.75) is 77.4 Å². The first-order valence-corrected chi connectivity index (χ1v) is 12.1. The number of aromatic carboxylic acids is 1. The van der Waals surface area contributed by atoms with Gasteiger partial charge in [-0.2, -0.15) is 10.1 Å². The van der Waals surface area contributed by atoms with Gasteiger partial charge in [-0.05, 0) is 63.6 Å². The molecule has 1 saturated carbocycles. The van der Waals surface area contributed by atoms with Crippen molar-refractivity contribution >= 4 is 35.0 Å². The third-order valence-electron chi connectivity index (χ3n) is 6.27. The molecule has 2 heterocycles. The Bertz CT molecular complexity index is 1150. The van der Waals surface area contributed by atoms with E-state index in [1.807, 2.05) is 0 Å². The van der Waals surface area contributed by atoms with Gasteiger partial charge in [0.15, 0.2) is 11.5 Å². The SMILES string of the molecule is CC(C)c1nnc2c(Nc3ccc(C(=O)O)c(Cl)c3)nc(NC3CCC(N)CC3)n(C(C)C)c1-2. The van der Waals surface area contributed by atoms with E-state index >= 15 is 0 Å². The minimum atomic E-state index is -1.07. The normalized spacial score (nSPS) is 18.6. The van der Waals surface area contributed by atoms with Crippen LogP contribution in [-0.4, -0.2) is 42.9 Å². The molecule has 5 N–H and O–H groups in total. The summed E-state index contributed by atoms with van der Waals surface area (Å²) in [4.78, 5) is 16.3. The third kappa shape index (κ3) is 4.81. The first kappa shape index (κ1) is 24.2. The molecule has 34 heavy (non-hydrogen) atoms. The molecule has 0 saturated heterocycles. The minimum absolute atomic E-state index is 0.0455. The zero-order chi connectivity index (χ0) is 24.6. The monoisotopic (exact) mass is 485 g/mol. The number of nitrogens with zero attached hydrogens (tertiary/aromatic N) is 4. The molecule has 10 heteroatoms. The number of hydrogen-bond donors (Lipinski definition) is 4. The zero-order valence-electron chi connectivity index (χ0n) is 20.0. The van der Waals surface area contributed by atoms with E-state index in [1.165, 1.54) is 6.07 Å². The number of nitrogens with one attached hydrogen (secondary N) is 2. The van der Waals surface area contributed by atoms with Crippen LogP contribution in [0.4, 0.5) is 17.5 Å². The molecular formula is C24H32ClN7O2. The van der Waals surface area contributed by atoms with Crippen LogP contribution in [0.25, 0.3) is 11.4 Å². The van der Waals surface area contributed by atoms with Gasteiger partial charge in [0, 0.05) is 23.8 Å². The summed E-state index contributed by atoms with van der Waals surface area (Å²) in [7, 11) is 0. The Morgan fingerprint density at radius 3 is 2.47 bits per heavy atom. The Balaban J connectivity index is 1.80. The van der Waals surface area contributed by atoms with Crippen LogP contribution >= 0.6 is 11.6 Å². The topological polar surface area (TPSA) is 131 Å². The average molecular weight is 486 g/mol. The first-order valence-electron chi connectivity index (χ1n) is 11.8. The molecule has 182 valence electrons. The molecule has 2 aliphatic heterocycles. The second-order valence-electron chi connectivity index (χ2n) is 9.57. The Morgan fingerprint density at radius 2 is 1.88 bits per heavy atom. The lowest BCUT2D eigenvalue weighted by molar-refractivity contribution is 0.0697. The van der Waals surface area contributed by atoms with Crippen LogP contribution in [0.2, 0.25) is 5.02 Å². The van der Waals surface area contributed by atoms with Gasteiger partial charge in [-0.3, -0.25) is 0 Å². The van der Waals surface area contributed by atoms with E-state index in [-0.39, 0.29) is 34.6 Å². The predicted molar refractivity (Wildman–Crippen MR) is 134 cm³/mol. The molecule has 3 aliphatic rings. The summed E-state index contributed by atoms with van der Waals surface area (Å²) in [5, 5.41) is 25.3. The fraction of sp³-hybridized carbons (Fsp3) is 0.500. The second kappa shape index (κ2) is 9.76. The summed E-state index contributed by atoms with van der Waals surface area (Å²) in [5.41, 5.74) is 9.28. The molecule has 0 unspecified atom stereocenters. The van der Waals surface area contributed by atoms with E-state index in [0.717, 1.165) is 43.0 Å². The lowest BCUT2D eigenvalue weighted by atomic mass is 9.92. The van der Waals surface area contributed by atoms with E-state index in [2.05, 4.69) is 53.1 Å². The highest BCUT2D eigenvalue weighted by Gasteiger charge is 2.29. The van der Waals surface area contributed by atoms with Gasteiger partial charge >= 0.3 is 5.97 Å². The molecule has 0 aromatic heterocycles. The van der Waals surface area contributed by atoms with Crippen LogP contribution in [0.3, 0.4) is 0 Å². The highest BCUT2D eigenvalue weighted by atomic mass is 35.5. The third-order valence-corrected chi connectivity index (χ3v) is 6.58. The van der Waals surface area contributed by atoms with Gasteiger partial charge in [-0.15, -0.1) is 5.10 Å². The lowest BCUT2D eigenvalue weighted by Gasteiger charge is -2.30. The van der Waals surface area contributed by atoms with Gasteiger partial charge in [0.1, 0.15) is 0 Å². The molecule has 1 aliphatic carbocycles. The van der Waals surface area contributed by atoms with Crippen molar-refractivity contribution in [3.63, 3.8) is 0 Å². The van der Waals surface area contributed by atoms with E-state index in [9.17, 15) is 9.90 Å². The molecule has 9 nitrogen and oxygen atoms in total. The molecule has 0 amide bonds. The van der Waals surface area contributed by atoms with Crippen molar-refractivity contribution in [3.8, 4) is 11.4 Å². The number of carboxylic acid groups (broad SMARTS) is 1.